The Kier molecular flexibility index (Phi) is 6.75. The van der Waals surface area contributed by atoms with Crippen LogP contribution in [0.5, 0.6) is 5.75 Å². The Labute approximate surface area is 200 Å². The second kappa shape index (κ2) is 9.58. The van der Waals surface area contributed by atoms with E-state index in [0.717, 1.165) is 11.1 Å². The average Bonchev–Trinajstić information content (AvgIpc) is 3.30. The summed E-state index contributed by atoms with van der Waals surface area (Å²) in [6.45, 7) is 8.30. The molecule has 7 heteroatoms. The van der Waals surface area contributed by atoms with Crippen LogP contribution in [0, 0.1) is 18.8 Å². The van der Waals surface area contributed by atoms with E-state index >= 15 is 0 Å². The highest BCUT2D eigenvalue weighted by Crippen LogP contribution is 2.52. The molecule has 2 aliphatic heterocycles. The van der Waals surface area contributed by atoms with E-state index in [2.05, 4.69) is 5.32 Å². The monoisotopic (exact) mass is 464 g/mol. The van der Waals surface area contributed by atoms with Crippen LogP contribution >= 0.6 is 0 Å². The van der Waals surface area contributed by atoms with Crippen LogP contribution in [0.1, 0.15) is 50.8 Å². The van der Waals surface area contributed by atoms with Crippen molar-refractivity contribution >= 4 is 23.5 Å². The zero-order valence-corrected chi connectivity index (χ0v) is 20.2. The zero-order chi connectivity index (χ0) is 24.5. The molecular formula is C27H32N2O5. The SMILES string of the molecule is CCC[C@]1(C(=O)OCC)N[C@@H](c2ccccc2C)[C@H]2C(=O)N(c3ccc(OCC)cc3)C(=O)[C@@H]21. The van der Waals surface area contributed by atoms with Crippen LogP contribution in [0.3, 0.4) is 0 Å². The van der Waals surface area contributed by atoms with Gasteiger partial charge in [0.1, 0.15) is 11.3 Å². The molecule has 4 rings (SSSR count). The lowest BCUT2D eigenvalue weighted by atomic mass is 9.76. The predicted molar refractivity (Wildman–Crippen MR) is 128 cm³/mol. The number of carbonyl (C=O) groups is 3. The highest BCUT2D eigenvalue weighted by atomic mass is 16.5. The van der Waals surface area contributed by atoms with Crippen molar-refractivity contribution in [3.63, 3.8) is 0 Å². The van der Waals surface area contributed by atoms with E-state index in [0.29, 0.717) is 30.9 Å². The molecule has 2 aromatic rings. The van der Waals surface area contributed by atoms with Gasteiger partial charge >= 0.3 is 5.97 Å². The highest BCUT2D eigenvalue weighted by molar-refractivity contribution is 6.24. The summed E-state index contributed by atoms with van der Waals surface area (Å²) in [6.07, 6.45) is 1.05. The van der Waals surface area contributed by atoms with Crippen molar-refractivity contribution in [3.8, 4) is 5.75 Å². The minimum Gasteiger partial charge on any atom is -0.494 e. The van der Waals surface area contributed by atoms with Gasteiger partial charge in [-0.2, -0.15) is 0 Å². The summed E-state index contributed by atoms with van der Waals surface area (Å²) >= 11 is 0. The number of aryl methyl sites for hydroxylation is 1. The Hall–Kier alpha value is -3.19. The first-order valence-electron chi connectivity index (χ1n) is 12.0. The maximum Gasteiger partial charge on any atom is 0.327 e. The van der Waals surface area contributed by atoms with Crippen LogP contribution < -0.4 is 15.0 Å². The van der Waals surface area contributed by atoms with Gasteiger partial charge in [-0.1, -0.05) is 37.6 Å². The number of carbonyl (C=O) groups excluding carboxylic acids is 3. The van der Waals surface area contributed by atoms with E-state index in [4.69, 9.17) is 9.47 Å². The van der Waals surface area contributed by atoms with Crippen LogP contribution in [-0.2, 0) is 19.1 Å². The van der Waals surface area contributed by atoms with Crippen molar-refractivity contribution in [1.82, 2.24) is 5.32 Å². The molecule has 1 N–H and O–H groups in total. The minimum absolute atomic E-state index is 0.198. The quantitative estimate of drug-likeness (QED) is 0.470. The molecule has 0 unspecified atom stereocenters. The molecule has 0 aromatic heterocycles. The summed E-state index contributed by atoms with van der Waals surface area (Å²) in [6, 6.07) is 14.2. The molecule has 2 saturated heterocycles. The number of nitrogens with one attached hydrogen (secondary N) is 1. The summed E-state index contributed by atoms with van der Waals surface area (Å²) < 4.78 is 11.0. The largest absolute Gasteiger partial charge is 0.494 e. The van der Waals surface area contributed by atoms with Gasteiger partial charge in [-0.15, -0.1) is 0 Å². The van der Waals surface area contributed by atoms with Gasteiger partial charge in [0, 0.05) is 6.04 Å². The lowest BCUT2D eigenvalue weighted by Crippen LogP contribution is -2.56. The van der Waals surface area contributed by atoms with Crippen molar-refractivity contribution in [3.05, 3.63) is 59.7 Å². The fourth-order valence-electron chi connectivity index (χ4n) is 5.49. The Morgan fingerprint density at radius 2 is 1.71 bits per heavy atom. The summed E-state index contributed by atoms with van der Waals surface area (Å²) in [7, 11) is 0. The summed E-state index contributed by atoms with van der Waals surface area (Å²) in [5, 5.41) is 3.44. The van der Waals surface area contributed by atoms with Crippen LogP contribution in [0.2, 0.25) is 0 Å². The molecule has 2 aromatic carbocycles. The predicted octanol–water partition coefficient (Wildman–Crippen LogP) is 3.95. The number of imide groups is 1. The molecule has 180 valence electrons. The van der Waals surface area contributed by atoms with E-state index in [1.165, 1.54) is 4.90 Å². The van der Waals surface area contributed by atoms with E-state index in [-0.39, 0.29) is 18.4 Å². The van der Waals surface area contributed by atoms with E-state index in [1.807, 2.05) is 45.0 Å². The number of ether oxygens (including phenoxy) is 2. The second-order valence-electron chi connectivity index (χ2n) is 8.86. The number of nitrogens with zero attached hydrogens (tertiary/aromatic N) is 1. The number of hydrogen-bond donors (Lipinski definition) is 1. The normalized spacial score (nSPS) is 26.0. The highest BCUT2D eigenvalue weighted by Gasteiger charge is 2.68. The van der Waals surface area contributed by atoms with E-state index in [1.54, 1.807) is 31.2 Å². The third-order valence-corrected chi connectivity index (χ3v) is 6.87. The van der Waals surface area contributed by atoms with E-state index in [9.17, 15) is 14.4 Å². The first-order chi connectivity index (χ1) is 16.4. The maximum atomic E-state index is 13.9. The molecule has 4 atom stereocenters. The molecule has 2 fully saturated rings. The molecule has 2 heterocycles. The molecule has 0 bridgehead atoms. The van der Waals surface area contributed by atoms with Crippen LogP contribution in [0.25, 0.3) is 0 Å². The van der Waals surface area contributed by atoms with Gasteiger partial charge in [-0.25, -0.2) is 4.90 Å². The van der Waals surface area contributed by atoms with Gasteiger partial charge in [0.15, 0.2) is 0 Å². The van der Waals surface area contributed by atoms with Crippen molar-refractivity contribution in [2.75, 3.05) is 18.1 Å². The molecule has 0 spiro atoms. The second-order valence-corrected chi connectivity index (χ2v) is 8.86. The topological polar surface area (TPSA) is 84.9 Å². The average molecular weight is 465 g/mol. The van der Waals surface area contributed by atoms with Gasteiger partial charge in [0.05, 0.1) is 30.7 Å². The Morgan fingerprint density at radius 1 is 1.00 bits per heavy atom. The number of hydrogen-bond acceptors (Lipinski definition) is 6. The molecule has 0 saturated carbocycles. The molecular weight excluding hydrogens is 432 g/mol. The summed E-state index contributed by atoms with van der Waals surface area (Å²) in [4.78, 5) is 42.4. The van der Waals surface area contributed by atoms with Crippen molar-refractivity contribution in [2.45, 2.75) is 52.1 Å². The molecule has 2 aliphatic rings. The fraction of sp³-hybridized carbons (Fsp3) is 0.444. The lowest BCUT2D eigenvalue weighted by Gasteiger charge is -2.32. The van der Waals surface area contributed by atoms with Crippen LogP contribution in [-0.4, -0.2) is 36.5 Å². The Balaban J connectivity index is 1.83. The molecule has 0 radical (unpaired) electrons. The smallest absolute Gasteiger partial charge is 0.327 e. The third-order valence-electron chi connectivity index (χ3n) is 6.87. The lowest BCUT2D eigenvalue weighted by molar-refractivity contribution is -0.155. The number of fused-ring (bicyclic) bond motifs is 1. The van der Waals surface area contributed by atoms with Crippen LogP contribution in [0.15, 0.2) is 48.5 Å². The Morgan fingerprint density at radius 3 is 2.32 bits per heavy atom. The van der Waals surface area contributed by atoms with Gasteiger partial charge in [-0.05, 0) is 62.6 Å². The molecule has 7 nitrogen and oxygen atoms in total. The number of rotatable bonds is 8. The van der Waals surface area contributed by atoms with E-state index < -0.39 is 29.4 Å². The fourth-order valence-corrected chi connectivity index (χ4v) is 5.49. The molecule has 0 aliphatic carbocycles. The van der Waals surface area contributed by atoms with Gasteiger partial charge < -0.3 is 9.47 Å². The number of amides is 2. The first-order valence-corrected chi connectivity index (χ1v) is 12.0. The maximum absolute atomic E-state index is 13.9. The van der Waals surface area contributed by atoms with Gasteiger partial charge in [0.2, 0.25) is 11.8 Å². The summed E-state index contributed by atoms with van der Waals surface area (Å²) in [5.74, 6) is -2.05. The number of esters is 1. The van der Waals surface area contributed by atoms with Gasteiger partial charge in [0.25, 0.3) is 0 Å². The molecule has 34 heavy (non-hydrogen) atoms. The third kappa shape index (κ3) is 3.78. The minimum atomic E-state index is -1.27. The number of anilines is 1. The summed E-state index contributed by atoms with van der Waals surface area (Å²) in [5.41, 5.74) is 1.12. The van der Waals surface area contributed by atoms with Crippen molar-refractivity contribution < 1.29 is 23.9 Å². The molecule has 2 amide bonds. The van der Waals surface area contributed by atoms with Gasteiger partial charge in [-0.3, -0.25) is 19.7 Å². The first kappa shape index (κ1) is 24.0. The van der Waals surface area contributed by atoms with Crippen LogP contribution in [0.4, 0.5) is 5.69 Å². The van der Waals surface area contributed by atoms with Crippen molar-refractivity contribution in [1.29, 1.82) is 0 Å². The standard InChI is InChI=1S/C27H32N2O5/c1-5-16-27(26(32)34-7-3)22-21(23(28-27)20-11-9-8-10-17(20)4)24(30)29(25(22)31)18-12-14-19(15-13-18)33-6-2/h8-15,21-23,28H,5-7,16H2,1-4H3/t21-,22+,23-,27-/m0/s1. The number of benzene rings is 2. The Bertz CT molecular complexity index is 1080. The van der Waals surface area contributed by atoms with Crippen molar-refractivity contribution in [2.24, 2.45) is 11.8 Å². The zero-order valence-electron chi connectivity index (χ0n) is 20.2.